The van der Waals surface area contributed by atoms with E-state index in [2.05, 4.69) is 4.98 Å². The van der Waals surface area contributed by atoms with Gasteiger partial charge >= 0.3 is 5.97 Å². The number of hydrogen-bond donors (Lipinski definition) is 0. The number of aromatic nitrogens is 1. The molecule has 2 fully saturated rings. The van der Waals surface area contributed by atoms with E-state index in [-0.39, 0.29) is 35.9 Å². The Morgan fingerprint density at radius 1 is 0.933 bits per heavy atom. The zero-order valence-electron chi connectivity index (χ0n) is 16.1. The summed E-state index contributed by atoms with van der Waals surface area (Å²) in [5.41, 5.74) is 1.20. The van der Waals surface area contributed by atoms with Crippen molar-refractivity contribution in [2.75, 3.05) is 0 Å². The molecule has 1 saturated carbocycles. The topological polar surface area (TPSA) is 96.9 Å². The zero-order valence-corrected chi connectivity index (χ0v) is 16.1. The van der Waals surface area contributed by atoms with Crippen molar-refractivity contribution in [3.8, 4) is 0 Å². The Morgan fingerprint density at radius 3 is 2.17 bits per heavy atom. The van der Waals surface area contributed by atoms with Gasteiger partial charge in [0.1, 0.15) is 0 Å². The predicted octanol–water partition coefficient (Wildman–Crippen LogP) is 2.28. The number of likely N-dealkylation sites (tertiary alicyclic amines) is 1. The molecule has 1 aromatic carbocycles. The van der Waals surface area contributed by atoms with Crippen molar-refractivity contribution in [3.63, 3.8) is 0 Å². The lowest BCUT2D eigenvalue weighted by atomic mass is 9.84. The lowest BCUT2D eigenvalue weighted by molar-refractivity contribution is -0.179. The van der Waals surface area contributed by atoms with Gasteiger partial charge in [-0.2, -0.15) is 0 Å². The van der Waals surface area contributed by atoms with Crippen LogP contribution in [0.2, 0.25) is 0 Å². The molecule has 3 amide bonds. The second-order valence-corrected chi connectivity index (χ2v) is 7.76. The first kappa shape index (κ1) is 18.5. The number of imide groups is 1. The fourth-order valence-corrected chi connectivity index (χ4v) is 4.31. The lowest BCUT2D eigenvalue weighted by Crippen LogP contribution is -2.48. The predicted molar refractivity (Wildman–Crippen MR) is 103 cm³/mol. The Kier molecular flexibility index (Phi) is 4.34. The average molecular weight is 405 g/mol. The molecule has 30 heavy (non-hydrogen) atoms. The number of carbonyl (C=O) groups excluding carboxylic acids is 4. The first-order valence-electron chi connectivity index (χ1n) is 9.97. The fraction of sp³-hybridized carbons (Fsp3) is 0.318. The molecule has 152 valence electrons. The van der Waals surface area contributed by atoms with Crippen LogP contribution in [0.1, 0.15) is 58.0 Å². The number of hydrogen-bond acceptors (Lipinski definition) is 6. The van der Waals surface area contributed by atoms with Crippen LogP contribution in [0.3, 0.4) is 0 Å². The molecule has 8 heteroatoms. The van der Waals surface area contributed by atoms with Gasteiger partial charge in [-0.1, -0.05) is 17.2 Å². The Balaban J connectivity index is 1.43. The maximum absolute atomic E-state index is 13.2. The van der Waals surface area contributed by atoms with E-state index < -0.39 is 29.7 Å². The summed E-state index contributed by atoms with van der Waals surface area (Å²) in [7, 11) is 0. The van der Waals surface area contributed by atoms with Gasteiger partial charge < -0.3 is 9.74 Å². The number of carbonyl (C=O) groups is 4. The first-order chi connectivity index (χ1) is 14.6. The van der Waals surface area contributed by atoms with Gasteiger partial charge in [-0.25, -0.2) is 4.79 Å². The van der Waals surface area contributed by atoms with E-state index in [1.54, 1.807) is 41.6 Å². The number of fused-ring (bicyclic) bond motifs is 1. The second kappa shape index (κ2) is 7.05. The number of nitrogens with zero attached hydrogens (tertiary/aromatic N) is 3. The summed E-state index contributed by atoms with van der Waals surface area (Å²) in [4.78, 5) is 62.1. The molecule has 1 aromatic heterocycles. The second-order valence-electron chi connectivity index (χ2n) is 7.76. The monoisotopic (exact) mass is 405 g/mol. The minimum Gasteiger partial charge on any atom is -0.332 e. The van der Waals surface area contributed by atoms with Crippen LogP contribution in [0.15, 0.2) is 48.8 Å². The highest BCUT2D eigenvalue weighted by molar-refractivity contribution is 6.20. The van der Waals surface area contributed by atoms with Gasteiger partial charge in [0, 0.05) is 24.9 Å². The SMILES string of the molecule is O=C(ON1C(=O)c2ccccc2C1=O)[C@@H]1CCC(=O)N(C2CC2)[C@H]1c1ccncc1. The van der Waals surface area contributed by atoms with E-state index in [0.717, 1.165) is 18.4 Å². The Bertz CT molecular complexity index is 1010. The minimum atomic E-state index is -0.690. The molecule has 8 nitrogen and oxygen atoms in total. The van der Waals surface area contributed by atoms with Gasteiger partial charge in [0.2, 0.25) is 5.91 Å². The minimum absolute atomic E-state index is 0.00379. The molecule has 2 atom stereocenters. The van der Waals surface area contributed by atoms with Crippen LogP contribution in [0.4, 0.5) is 0 Å². The Hall–Kier alpha value is -3.55. The molecular formula is C22H19N3O5. The van der Waals surface area contributed by atoms with Crippen LogP contribution >= 0.6 is 0 Å². The van der Waals surface area contributed by atoms with Crippen LogP contribution in [-0.2, 0) is 14.4 Å². The summed E-state index contributed by atoms with van der Waals surface area (Å²) >= 11 is 0. The third-order valence-electron chi connectivity index (χ3n) is 5.87. The van der Waals surface area contributed by atoms with E-state index >= 15 is 0 Å². The maximum Gasteiger partial charge on any atom is 0.338 e. The molecule has 0 spiro atoms. The molecule has 2 aliphatic heterocycles. The summed E-state index contributed by atoms with van der Waals surface area (Å²) in [6.45, 7) is 0. The number of hydroxylamine groups is 2. The number of rotatable bonds is 4. The van der Waals surface area contributed by atoms with Gasteiger partial charge in [-0.15, -0.1) is 0 Å². The van der Waals surface area contributed by atoms with Crippen molar-refractivity contribution in [1.82, 2.24) is 14.9 Å². The third kappa shape index (κ3) is 2.96. The maximum atomic E-state index is 13.2. The average Bonchev–Trinajstić information content (AvgIpc) is 3.58. The summed E-state index contributed by atoms with van der Waals surface area (Å²) in [5, 5.41) is 0.536. The zero-order chi connectivity index (χ0) is 20.8. The van der Waals surface area contributed by atoms with Crippen molar-refractivity contribution < 1.29 is 24.0 Å². The van der Waals surface area contributed by atoms with E-state index in [9.17, 15) is 19.2 Å². The third-order valence-corrected chi connectivity index (χ3v) is 5.87. The van der Waals surface area contributed by atoms with Gasteiger partial charge in [0.05, 0.1) is 23.1 Å². The van der Waals surface area contributed by atoms with Crippen LogP contribution in [-0.4, -0.2) is 44.7 Å². The first-order valence-corrected chi connectivity index (χ1v) is 9.97. The number of benzene rings is 1. The Labute approximate surface area is 172 Å². The summed E-state index contributed by atoms with van der Waals surface area (Å²) in [6, 6.07) is 9.50. The van der Waals surface area contributed by atoms with Crippen molar-refractivity contribution in [2.24, 2.45) is 5.92 Å². The molecule has 0 N–H and O–H groups in total. The van der Waals surface area contributed by atoms with Gasteiger partial charge in [-0.05, 0) is 49.1 Å². The van der Waals surface area contributed by atoms with Crippen LogP contribution in [0, 0.1) is 5.92 Å². The van der Waals surface area contributed by atoms with Crippen molar-refractivity contribution in [1.29, 1.82) is 0 Å². The standard InChI is InChI=1S/C22H19N3O5/c26-18-8-7-17(19(24(18)14-5-6-14)13-9-11-23-12-10-13)22(29)30-25-20(27)15-3-1-2-4-16(15)21(25)28/h1-4,9-12,14,17,19H,5-8H2/t17-,19+/m1/s1. The van der Waals surface area contributed by atoms with Crippen LogP contribution in [0.5, 0.6) is 0 Å². The lowest BCUT2D eigenvalue weighted by Gasteiger charge is -2.40. The van der Waals surface area contributed by atoms with E-state index in [1.807, 2.05) is 0 Å². The molecule has 1 saturated heterocycles. The summed E-state index contributed by atoms with van der Waals surface area (Å²) in [6.07, 6.45) is 5.54. The van der Waals surface area contributed by atoms with Crippen molar-refractivity contribution >= 4 is 23.7 Å². The van der Waals surface area contributed by atoms with E-state index in [4.69, 9.17) is 4.84 Å². The van der Waals surface area contributed by atoms with Crippen LogP contribution in [0.25, 0.3) is 0 Å². The van der Waals surface area contributed by atoms with Gasteiger partial charge in [-0.3, -0.25) is 19.4 Å². The number of amides is 3. The highest BCUT2D eigenvalue weighted by Crippen LogP contribution is 2.44. The fourth-order valence-electron chi connectivity index (χ4n) is 4.31. The van der Waals surface area contributed by atoms with Crippen molar-refractivity contribution in [2.45, 2.75) is 37.8 Å². The van der Waals surface area contributed by atoms with Crippen LogP contribution < -0.4 is 0 Å². The van der Waals surface area contributed by atoms with Gasteiger partial charge in [0.25, 0.3) is 11.8 Å². The molecular weight excluding hydrogens is 386 g/mol. The largest absolute Gasteiger partial charge is 0.338 e. The number of piperidine rings is 1. The molecule has 3 heterocycles. The summed E-state index contributed by atoms with van der Waals surface area (Å²) in [5.74, 6) is -2.69. The molecule has 0 bridgehead atoms. The molecule has 3 aliphatic rings. The molecule has 1 aliphatic carbocycles. The summed E-state index contributed by atoms with van der Waals surface area (Å²) < 4.78 is 0. The van der Waals surface area contributed by atoms with Crippen molar-refractivity contribution in [3.05, 3.63) is 65.5 Å². The quantitative estimate of drug-likeness (QED) is 0.724. The van der Waals surface area contributed by atoms with E-state index in [0.29, 0.717) is 5.06 Å². The molecule has 0 unspecified atom stereocenters. The normalized spacial score (nSPS) is 23.5. The number of pyridine rings is 1. The molecule has 0 radical (unpaired) electrons. The molecule has 5 rings (SSSR count). The van der Waals surface area contributed by atoms with Gasteiger partial charge in [0.15, 0.2) is 0 Å². The molecule has 2 aromatic rings. The van der Waals surface area contributed by atoms with E-state index in [1.165, 1.54) is 12.1 Å². The Morgan fingerprint density at radius 2 is 1.57 bits per heavy atom. The highest BCUT2D eigenvalue weighted by Gasteiger charge is 2.48. The smallest absolute Gasteiger partial charge is 0.332 e. The highest BCUT2D eigenvalue weighted by atomic mass is 16.7.